The van der Waals surface area contributed by atoms with Gasteiger partial charge in [0.1, 0.15) is 57.6 Å². The molecule has 0 unspecified atom stereocenters. The maximum absolute atomic E-state index is 14.1. The molecule has 0 saturated heterocycles. The number of rotatable bonds is 11. The molecule has 0 spiro atoms. The number of fused-ring (bicyclic) bond motifs is 4. The average Bonchev–Trinajstić information content (AvgIpc) is 3.35. The molecule has 0 fully saturated rings. The van der Waals surface area contributed by atoms with E-state index in [1.165, 1.54) is 36.4 Å². The van der Waals surface area contributed by atoms with E-state index >= 15 is 0 Å². The molecule has 26 nitrogen and oxygen atoms in total. The topological polar surface area (TPSA) is 440 Å². The number of Topliss-reactive ketones (excluding diaryl/α,β-unsaturated/α-hetero) is 1. The number of anilines is 3. The second-order valence-electron chi connectivity index (χ2n) is 16.1. The van der Waals surface area contributed by atoms with Crippen molar-refractivity contribution in [3.63, 3.8) is 0 Å². The standard InChI is InChI=1S/C46H31N11O15S4.4Na/c47-32-21-33(48)41(57(59)60)22-40(32)56-54-38-16-17-43(75(67,68)69)29-10-11-39(46(58)45(29)38)55-53-37-15-14-36(27-9-8-24(20-30(27)37)73(61,62)63)52-51-35-13-12-34(25-4-1-2-5-26(25)35)50-49-23-18-31-28(44(19-23)76(70,71)72)6-3-7-42(31)74(64,65)66;;;;/h1-22,49H,47-48H2,(H,61,62,63)(H,64,65,66)(H,67,68,69)(H,70,71,72);;;;/q;4*+1/p-4. The van der Waals surface area contributed by atoms with Gasteiger partial charge in [0.25, 0.3) is 5.69 Å². The first-order chi connectivity index (χ1) is 35.8. The monoisotopic (exact) mass is 1190 g/mol. The number of carbonyl (C=O) groups is 1. The van der Waals surface area contributed by atoms with Gasteiger partial charge in [0.2, 0.25) is 5.78 Å². The van der Waals surface area contributed by atoms with Crippen molar-refractivity contribution in [3.8, 4) is 0 Å². The Balaban J connectivity index is 0.00000294. The number of nitrogens with zero attached hydrogens (tertiary/aromatic N) is 8. The third-order valence-corrected chi connectivity index (χ3v) is 14.9. The molecule has 6 aromatic carbocycles. The van der Waals surface area contributed by atoms with Crippen LogP contribution in [0.5, 0.6) is 0 Å². The van der Waals surface area contributed by atoms with Crippen LogP contribution in [0.15, 0.2) is 183 Å². The first kappa shape index (κ1) is 65.7. The van der Waals surface area contributed by atoms with E-state index in [4.69, 9.17) is 11.5 Å². The first-order valence-electron chi connectivity index (χ1n) is 21.1. The number of nitro benzene ring substituents is 1. The third-order valence-electron chi connectivity index (χ3n) is 11.4. The van der Waals surface area contributed by atoms with Gasteiger partial charge in [0.05, 0.1) is 70.0 Å². The Morgan fingerprint density at radius 1 is 0.475 bits per heavy atom. The minimum Gasteiger partial charge on any atom is -0.744 e. The maximum Gasteiger partial charge on any atom is 1.00 e. The molecular formula is C46H27N11Na4O15S4. The van der Waals surface area contributed by atoms with Crippen molar-refractivity contribution in [1.29, 1.82) is 0 Å². The zero-order valence-electron chi connectivity index (χ0n) is 41.7. The molecular weight excluding hydrogens is 1170 g/mol. The van der Waals surface area contributed by atoms with Crippen LogP contribution in [-0.4, -0.2) is 91.1 Å². The number of carbonyl (C=O) groups excluding carboxylic acids is 1. The van der Waals surface area contributed by atoms with Crippen LogP contribution in [-0.2, 0) is 40.5 Å². The van der Waals surface area contributed by atoms with Gasteiger partial charge in [-0.15, -0.1) is 30.6 Å². The number of hydrazone groups is 1. The second-order valence-corrected chi connectivity index (χ2v) is 21.5. The number of nitro groups is 1. The Hall–Kier alpha value is -5.14. The molecule has 384 valence electrons. The fourth-order valence-electron chi connectivity index (χ4n) is 7.93. The van der Waals surface area contributed by atoms with Gasteiger partial charge in [0, 0.05) is 44.7 Å². The molecule has 34 heteroatoms. The Morgan fingerprint density at radius 3 is 1.60 bits per heavy atom. The van der Waals surface area contributed by atoms with Gasteiger partial charge in [-0.3, -0.25) is 20.3 Å². The summed E-state index contributed by atoms with van der Waals surface area (Å²) in [5.74, 6) is -1.03. The van der Waals surface area contributed by atoms with Gasteiger partial charge >= 0.3 is 118 Å². The summed E-state index contributed by atoms with van der Waals surface area (Å²) in [7, 11) is -20.6. The van der Waals surface area contributed by atoms with Gasteiger partial charge < -0.3 is 29.7 Å². The Kier molecular flexibility index (Phi) is 21.0. The fourth-order valence-corrected chi connectivity index (χ4v) is 10.5. The molecule has 0 aliphatic heterocycles. The number of azo groups is 1. The fraction of sp³-hybridized carbons (Fsp3) is 0. The number of hydrogen-bond donors (Lipinski definition) is 3. The van der Waals surface area contributed by atoms with Crippen molar-refractivity contribution in [2.24, 2.45) is 35.7 Å². The van der Waals surface area contributed by atoms with Gasteiger partial charge in [-0.1, -0.05) is 48.5 Å². The zero-order chi connectivity index (χ0) is 54.6. The summed E-state index contributed by atoms with van der Waals surface area (Å²) in [4.78, 5) is 21.7. The summed E-state index contributed by atoms with van der Waals surface area (Å²) in [6.07, 6.45) is 7.83. The van der Waals surface area contributed by atoms with Crippen LogP contribution >= 0.6 is 0 Å². The van der Waals surface area contributed by atoms with Crippen molar-refractivity contribution in [1.82, 2.24) is 0 Å². The molecule has 80 heavy (non-hydrogen) atoms. The summed E-state index contributed by atoms with van der Waals surface area (Å²) in [6.45, 7) is 0. The first-order valence-corrected chi connectivity index (χ1v) is 26.7. The van der Waals surface area contributed by atoms with Gasteiger partial charge in [-0.25, -0.2) is 33.7 Å². The maximum atomic E-state index is 14.1. The molecule has 0 bridgehead atoms. The minimum atomic E-state index is -5.20. The smallest absolute Gasteiger partial charge is 0.744 e. The number of ketones is 1. The molecule has 9 rings (SSSR count). The van der Waals surface area contributed by atoms with E-state index in [-0.39, 0.29) is 191 Å². The molecule has 0 radical (unpaired) electrons. The van der Waals surface area contributed by atoms with E-state index in [1.807, 2.05) is 0 Å². The Labute approximate surface area is 542 Å². The predicted molar refractivity (Wildman–Crippen MR) is 270 cm³/mol. The van der Waals surface area contributed by atoms with Crippen molar-refractivity contribution < 1.29 is 180 Å². The molecule has 0 aromatic heterocycles. The average molecular weight is 1190 g/mol. The second kappa shape index (κ2) is 25.6. The zero-order valence-corrected chi connectivity index (χ0v) is 53.0. The molecule has 0 heterocycles. The van der Waals surface area contributed by atoms with E-state index in [0.717, 1.165) is 72.8 Å². The van der Waals surface area contributed by atoms with Crippen LogP contribution in [0.1, 0.15) is 38.2 Å². The minimum absolute atomic E-state index is 0. The van der Waals surface area contributed by atoms with E-state index in [0.29, 0.717) is 11.1 Å². The van der Waals surface area contributed by atoms with Crippen molar-refractivity contribution in [2.45, 2.75) is 19.6 Å². The molecule has 3 aliphatic carbocycles. The molecule has 0 saturated carbocycles. The number of nitrogens with two attached hydrogens (primary N) is 2. The van der Waals surface area contributed by atoms with Crippen molar-refractivity contribution in [2.75, 3.05) is 16.9 Å². The predicted octanol–water partition coefficient (Wildman–Crippen LogP) is -6.84. The van der Waals surface area contributed by atoms with Crippen LogP contribution < -0.4 is 135 Å². The van der Waals surface area contributed by atoms with Gasteiger partial charge in [-0.2, -0.15) is 5.10 Å². The molecule has 0 atom stereocenters. The number of nitrogens with one attached hydrogen (secondary N) is 1. The Morgan fingerprint density at radius 2 is 1.01 bits per heavy atom. The third kappa shape index (κ3) is 13.8. The molecule has 6 aromatic rings. The molecule has 0 amide bonds. The van der Waals surface area contributed by atoms with E-state index in [9.17, 15) is 66.8 Å². The number of hydrogen-bond acceptors (Lipinski definition) is 25. The van der Waals surface area contributed by atoms with Crippen molar-refractivity contribution in [3.05, 3.63) is 171 Å². The van der Waals surface area contributed by atoms with Crippen LogP contribution in [0.4, 0.5) is 34.1 Å². The summed E-state index contributed by atoms with van der Waals surface area (Å²) in [6, 6.07) is 19.1. The van der Waals surface area contributed by atoms with E-state index in [1.54, 1.807) is 24.3 Å². The SMILES string of the molecule is Nc1cc(N)c([N+](=O)[O-])cc1N=Nc1ccc(S(=O)(=O)[O-])c2c1C(=O)C(=NN=C1C=CC(=NN=C3C=CC(=NNc4cc(S(=O)(=O)[O-])c5cccc(S(=O)(=O)[O-])c5c4)c4ccccc43)c3ccc(S(=O)(=O)[O-])cc31)C=C2.[Na+].[Na+].[Na+].[Na+]. The van der Waals surface area contributed by atoms with E-state index in [2.05, 4.69) is 41.2 Å². The van der Waals surface area contributed by atoms with Gasteiger partial charge in [-0.05, 0) is 78.9 Å². The Bertz CT molecular complexity index is 4420. The number of nitrogen functional groups attached to an aromatic ring is 2. The van der Waals surface area contributed by atoms with Crippen LogP contribution in [0, 0.1) is 10.1 Å². The number of allylic oxidation sites excluding steroid dienone is 5. The summed E-state index contributed by atoms with van der Waals surface area (Å²) in [5.41, 5.74) is 12.7. The number of benzene rings is 6. The van der Waals surface area contributed by atoms with Gasteiger partial charge in [0.15, 0.2) is 0 Å². The molecule has 5 N–H and O–H groups in total. The van der Waals surface area contributed by atoms with E-state index < -0.39 is 93.3 Å². The summed E-state index contributed by atoms with van der Waals surface area (Å²) < 4.78 is 146. The largest absolute Gasteiger partial charge is 1.00 e. The molecule has 3 aliphatic rings. The summed E-state index contributed by atoms with van der Waals surface area (Å²) >= 11 is 0. The quantitative estimate of drug-likeness (QED) is 0.0271. The van der Waals surface area contributed by atoms with Crippen LogP contribution in [0.3, 0.4) is 0 Å². The van der Waals surface area contributed by atoms with Crippen LogP contribution in [0.25, 0.3) is 16.8 Å². The summed E-state index contributed by atoms with van der Waals surface area (Å²) in [5, 5.41) is 40.1. The normalized spacial score (nSPS) is 16.4. The van der Waals surface area contributed by atoms with Crippen LogP contribution in [0.2, 0.25) is 0 Å². The van der Waals surface area contributed by atoms with Crippen molar-refractivity contribution >= 4 is 126 Å².